The van der Waals surface area contributed by atoms with E-state index in [2.05, 4.69) is 10.2 Å². The predicted molar refractivity (Wildman–Crippen MR) is 39.0 cm³/mol. The van der Waals surface area contributed by atoms with Crippen LogP contribution in [-0.2, 0) is 9.63 Å². The second kappa shape index (κ2) is 4.68. The Morgan fingerprint density at radius 1 is 1.29 bits per heavy atom. The summed E-state index contributed by atoms with van der Waals surface area (Å²) in [4.78, 5) is 24.1. The molecule has 14 heavy (non-hydrogen) atoms. The number of urea groups is 1. The Balaban J connectivity index is 3.84. The van der Waals surface area contributed by atoms with Gasteiger partial charge in [-0.1, -0.05) is 0 Å². The van der Waals surface area contributed by atoms with E-state index in [4.69, 9.17) is 0 Å². The number of carbonyl (C=O) groups excluding carboxylic acids is 2. The number of carbonyl (C=O) groups is 2. The van der Waals surface area contributed by atoms with Crippen molar-refractivity contribution in [1.29, 1.82) is 0 Å². The highest BCUT2D eigenvalue weighted by molar-refractivity contribution is 5.79. The first kappa shape index (κ1) is 12.5. The molecule has 0 fully saturated rings. The number of rotatable bonds is 1. The van der Waals surface area contributed by atoms with Crippen molar-refractivity contribution in [2.24, 2.45) is 0 Å². The minimum absolute atomic E-state index is 0.278. The zero-order valence-corrected chi connectivity index (χ0v) is 7.44. The van der Waals surface area contributed by atoms with Gasteiger partial charge in [0.05, 0.1) is 0 Å². The van der Waals surface area contributed by atoms with Gasteiger partial charge < -0.3 is 10.2 Å². The molecule has 0 atom stereocenters. The maximum absolute atomic E-state index is 11.5. The highest BCUT2D eigenvalue weighted by atomic mass is 19.4. The van der Waals surface area contributed by atoms with Crippen LogP contribution < -0.4 is 10.8 Å². The topological polar surface area (TPSA) is 67.4 Å². The van der Waals surface area contributed by atoms with Crippen molar-refractivity contribution in [2.75, 3.05) is 0 Å². The van der Waals surface area contributed by atoms with Crippen LogP contribution in [-0.4, -0.2) is 24.2 Å². The first-order valence-electron chi connectivity index (χ1n) is 3.58. The highest BCUT2D eigenvalue weighted by Gasteiger charge is 2.41. The molecule has 8 heteroatoms. The Bertz CT molecular complexity index is 227. The molecule has 5 nitrogen and oxygen atoms in total. The Morgan fingerprint density at radius 3 is 2.14 bits per heavy atom. The molecule has 0 saturated carbocycles. The lowest BCUT2D eigenvalue weighted by Gasteiger charge is -2.10. The molecule has 0 aliphatic carbocycles. The number of hydrogen-bond acceptors (Lipinski definition) is 3. The first-order chi connectivity index (χ1) is 6.23. The van der Waals surface area contributed by atoms with Crippen LogP contribution in [0.3, 0.4) is 0 Å². The van der Waals surface area contributed by atoms with Crippen LogP contribution in [0.5, 0.6) is 0 Å². The third kappa shape index (κ3) is 5.22. The molecule has 0 unspecified atom stereocenters. The summed E-state index contributed by atoms with van der Waals surface area (Å²) in [6, 6.07) is -1.29. The van der Waals surface area contributed by atoms with Crippen LogP contribution >= 0.6 is 0 Å². The van der Waals surface area contributed by atoms with Crippen molar-refractivity contribution in [3.05, 3.63) is 0 Å². The van der Waals surface area contributed by atoms with Crippen molar-refractivity contribution in [2.45, 2.75) is 26.1 Å². The van der Waals surface area contributed by atoms with Gasteiger partial charge in [-0.15, -0.1) is 0 Å². The Morgan fingerprint density at radius 2 is 1.79 bits per heavy atom. The SMILES string of the molecule is CC(C)NC(=O)NOC(=O)C(F)(F)F. The van der Waals surface area contributed by atoms with Crippen LogP contribution in [0.1, 0.15) is 13.8 Å². The fourth-order valence-electron chi connectivity index (χ4n) is 0.442. The quantitative estimate of drug-likeness (QED) is 0.632. The molecule has 0 spiro atoms. The van der Waals surface area contributed by atoms with Gasteiger partial charge in [-0.05, 0) is 13.8 Å². The Labute approximate surface area is 77.6 Å². The van der Waals surface area contributed by atoms with Gasteiger partial charge in [0.2, 0.25) is 0 Å². The minimum atomic E-state index is -5.12. The third-order valence-electron chi connectivity index (χ3n) is 0.888. The summed E-state index contributed by atoms with van der Waals surface area (Å²) < 4.78 is 34.5. The standard InChI is InChI=1S/C6H9F3N2O3/c1-3(2)10-5(13)11-14-4(12)6(7,8)9/h3H,1-2H3,(H2,10,11,13). The zero-order chi connectivity index (χ0) is 11.4. The minimum Gasteiger partial charge on any atom is -0.334 e. The summed E-state index contributed by atoms with van der Waals surface area (Å²) >= 11 is 0. The van der Waals surface area contributed by atoms with Crippen LogP contribution in [0.4, 0.5) is 18.0 Å². The second-order valence-corrected chi connectivity index (χ2v) is 2.62. The normalized spacial score (nSPS) is 11.0. The van der Waals surface area contributed by atoms with E-state index in [1.807, 2.05) is 0 Å². The monoisotopic (exact) mass is 214 g/mol. The summed E-state index contributed by atoms with van der Waals surface area (Å²) in [6.07, 6.45) is -5.12. The fourth-order valence-corrected chi connectivity index (χ4v) is 0.442. The van der Waals surface area contributed by atoms with Gasteiger partial charge in [0.1, 0.15) is 0 Å². The molecule has 2 N–H and O–H groups in total. The first-order valence-corrected chi connectivity index (χ1v) is 3.58. The Hall–Kier alpha value is -1.47. The van der Waals surface area contributed by atoms with Crippen molar-refractivity contribution < 1.29 is 27.6 Å². The third-order valence-corrected chi connectivity index (χ3v) is 0.888. The average Bonchev–Trinajstić information content (AvgIpc) is 1.96. The molecular weight excluding hydrogens is 205 g/mol. The molecule has 2 amide bonds. The molecule has 0 aliphatic heterocycles. The van der Waals surface area contributed by atoms with Crippen LogP contribution in [0.25, 0.3) is 0 Å². The van der Waals surface area contributed by atoms with Gasteiger partial charge in [-0.25, -0.2) is 9.59 Å². The van der Waals surface area contributed by atoms with Crippen LogP contribution in [0, 0.1) is 0 Å². The van der Waals surface area contributed by atoms with Crippen molar-refractivity contribution >= 4 is 12.0 Å². The smallest absolute Gasteiger partial charge is 0.334 e. The maximum atomic E-state index is 11.5. The van der Waals surface area contributed by atoms with Gasteiger partial charge in [0, 0.05) is 6.04 Å². The fraction of sp³-hybridized carbons (Fsp3) is 0.667. The molecular formula is C6H9F3N2O3. The molecule has 0 aliphatic rings. The summed E-state index contributed by atoms with van der Waals surface area (Å²) in [7, 11) is 0. The van der Waals surface area contributed by atoms with Gasteiger partial charge in [-0.2, -0.15) is 18.7 Å². The average molecular weight is 214 g/mol. The van der Waals surface area contributed by atoms with Crippen molar-refractivity contribution in [3.8, 4) is 0 Å². The molecule has 0 bridgehead atoms. The lowest BCUT2D eigenvalue weighted by Crippen LogP contribution is -2.42. The van der Waals surface area contributed by atoms with Gasteiger partial charge in [0.25, 0.3) is 0 Å². The maximum Gasteiger partial charge on any atom is 0.493 e. The molecule has 0 saturated heterocycles. The molecule has 0 radical (unpaired) electrons. The van der Waals surface area contributed by atoms with Gasteiger partial charge >= 0.3 is 18.2 Å². The molecule has 0 heterocycles. The lowest BCUT2D eigenvalue weighted by atomic mass is 10.4. The van der Waals surface area contributed by atoms with Crippen molar-refractivity contribution in [1.82, 2.24) is 10.8 Å². The number of alkyl halides is 3. The van der Waals surface area contributed by atoms with Crippen LogP contribution in [0.2, 0.25) is 0 Å². The van der Waals surface area contributed by atoms with E-state index < -0.39 is 18.2 Å². The second-order valence-electron chi connectivity index (χ2n) is 2.62. The van der Waals surface area contributed by atoms with Crippen molar-refractivity contribution in [3.63, 3.8) is 0 Å². The van der Waals surface area contributed by atoms with E-state index in [1.165, 1.54) is 5.48 Å². The van der Waals surface area contributed by atoms with E-state index in [0.29, 0.717) is 0 Å². The number of hydrogen-bond donors (Lipinski definition) is 2. The molecule has 0 aromatic heterocycles. The number of nitrogens with one attached hydrogen (secondary N) is 2. The van der Waals surface area contributed by atoms with Gasteiger partial charge in [-0.3, -0.25) is 0 Å². The van der Waals surface area contributed by atoms with E-state index in [9.17, 15) is 22.8 Å². The summed E-state index contributed by atoms with van der Waals surface area (Å²) in [5.74, 6) is -2.48. The lowest BCUT2D eigenvalue weighted by molar-refractivity contribution is -0.204. The summed E-state index contributed by atoms with van der Waals surface area (Å²) in [6.45, 7) is 3.18. The van der Waals surface area contributed by atoms with Crippen LogP contribution in [0.15, 0.2) is 0 Å². The molecule has 82 valence electrons. The van der Waals surface area contributed by atoms with E-state index in [1.54, 1.807) is 13.8 Å². The Kier molecular flexibility index (Phi) is 4.19. The van der Waals surface area contributed by atoms with E-state index >= 15 is 0 Å². The van der Waals surface area contributed by atoms with E-state index in [0.717, 1.165) is 0 Å². The highest BCUT2D eigenvalue weighted by Crippen LogP contribution is 2.15. The van der Waals surface area contributed by atoms with E-state index in [-0.39, 0.29) is 6.04 Å². The predicted octanol–water partition coefficient (Wildman–Crippen LogP) is 0.714. The summed E-state index contributed by atoms with van der Waals surface area (Å²) in [5.41, 5.74) is 1.30. The largest absolute Gasteiger partial charge is 0.493 e. The zero-order valence-electron chi connectivity index (χ0n) is 7.44. The number of halogens is 3. The summed E-state index contributed by atoms with van der Waals surface area (Å²) in [5, 5.41) is 2.15. The number of amides is 2. The molecule has 0 rings (SSSR count). The van der Waals surface area contributed by atoms with Gasteiger partial charge in [0.15, 0.2) is 0 Å². The number of hydroxylamine groups is 1. The molecule has 0 aromatic rings. The molecule has 0 aromatic carbocycles.